The van der Waals surface area contributed by atoms with Gasteiger partial charge in [-0.2, -0.15) is 0 Å². The largest absolute Gasteiger partial charge is 0.445 e. The summed E-state index contributed by atoms with van der Waals surface area (Å²) in [5.41, 5.74) is 0.629. The number of unbranched alkanes of at least 4 members (excludes halogenated alkanes) is 1. The van der Waals surface area contributed by atoms with Gasteiger partial charge in [-0.3, -0.25) is 43.2 Å². The van der Waals surface area contributed by atoms with Gasteiger partial charge in [0.25, 0.3) is 0 Å². The maximum Gasteiger partial charge on any atom is 0.407 e. The molecule has 15 atom stereocenters. The number of carbonyl (C=O) groups excluding carboxylic acids is 11. The van der Waals surface area contributed by atoms with Crippen LogP contribution < -0.4 is 37.6 Å². The number of fused-ring (bicyclic) bond motifs is 8. The minimum Gasteiger partial charge on any atom is -0.445 e. The Labute approximate surface area is 810 Å². The van der Waals surface area contributed by atoms with Crippen molar-refractivity contribution in [1.82, 2.24) is 41.6 Å². The number of aromatic nitrogens is 3. The van der Waals surface area contributed by atoms with E-state index in [9.17, 15) is 57.8 Å². The Morgan fingerprint density at radius 2 is 1.32 bits per heavy atom. The maximum absolute atomic E-state index is 18.1. The Bertz CT molecular complexity index is 4350. The van der Waals surface area contributed by atoms with E-state index in [4.69, 9.17) is 67.3 Å². The number of nitrogens with two attached hydrogens (primary N) is 1. The van der Waals surface area contributed by atoms with Crippen molar-refractivity contribution in [3.05, 3.63) is 65.0 Å². The minimum atomic E-state index is -2.41. The highest BCUT2D eigenvalue weighted by molar-refractivity contribution is 6.02. The third kappa shape index (κ3) is 34.7. The SMILES string of the molecule is CCCC1O[C@@H]2C[C@H]3[C@@H]4C[C@H](F)C5=CC(=O)C=C[C@]5(C)[C@@]4(F)[C@@H](O)C[C@]3(C)[C@]2(C(=O)CNC(=O)OCc2ccc(NC(=O)[C@H](CCCNC(N)=O)CC(=O)[C@@H](NC(=O)[C@@H](CCCCNC(=O)COC3CCCCCc4c3nnn4CCOCCOCCOCCOCCC(=O)NCC[N+](C)(C)C)CC(=O)CCOCCOCCOCCOCCCC(=O)COC3C#CCCCCC3)C(C)C)cc2)O1. The van der Waals surface area contributed by atoms with Crippen LogP contribution in [0.5, 0.6) is 0 Å². The molecule has 0 spiro atoms. The molecule has 1 saturated heterocycles. The molecule has 9 N–H and O–H groups in total. The lowest BCUT2D eigenvalue weighted by atomic mass is 9.44. The number of urea groups is 1. The minimum absolute atomic E-state index is 0.0189. The molecule has 7 aliphatic rings. The zero-order valence-corrected chi connectivity index (χ0v) is 82.4. The average molecular weight is 1950 g/mol. The zero-order valence-electron chi connectivity index (χ0n) is 82.4. The summed E-state index contributed by atoms with van der Waals surface area (Å²) < 4.78 is 113. The quantitative estimate of drug-likeness (QED) is 0.0174. The number of quaternary nitrogens is 1. The molecule has 3 saturated carbocycles. The van der Waals surface area contributed by atoms with Crippen molar-refractivity contribution in [3.8, 4) is 11.8 Å². The molecule has 772 valence electrons. The van der Waals surface area contributed by atoms with Crippen LogP contribution in [0.1, 0.15) is 218 Å². The van der Waals surface area contributed by atoms with Crippen LogP contribution in [0, 0.1) is 52.3 Å². The molecule has 9 rings (SSSR count). The number of halogens is 2. The van der Waals surface area contributed by atoms with Crippen LogP contribution in [0.25, 0.3) is 0 Å². The van der Waals surface area contributed by atoms with Crippen molar-refractivity contribution >= 4 is 70.4 Å². The summed E-state index contributed by atoms with van der Waals surface area (Å²) in [6.07, 6.45) is 8.53. The first kappa shape index (κ1) is 113. The van der Waals surface area contributed by atoms with E-state index in [1.54, 1.807) is 45.0 Å². The highest BCUT2D eigenvalue weighted by atomic mass is 19.1. The summed E-state index contributed by atoms with van der Waals surface area (Å²) in [4.78, 5) is 148. The fourth-order valence-electron chi connectivity index (χ4n) is 19.6. The number of primary amides is 1. The molecule has 0 bridgehead atoms. The number of allylic oxidation sites excluding steroid dienone is 4. The highest BCUT2D eigenvalue weighted by Gasteiger charge is 2.80. The third-order valence-electron chi connectivity index (χ3n) is 27.1. The molecule has 4 fully saturated rings. The maximum atomic E-state index is 18.1. The number of Topliss-reactive ketones (excluding diaryl/α,β-unsaturated/α-hetero) is 4. The highest BCUT2D eigenvalue weighted by Crippen LogP contribution is 2.72. The number of benzene rings is 1. The number of alkyl carbamates (subject to hydrolysis) is 1. The molecule has 6 aliphatic carbocycles. The van der Waals surface area contributed by atoms with Gasteiger partial charge in [-0.25, -0.2) is 23.1 Å². The van der Waals surface area contributed by atoms with Crippen molar-refractivity contribution in [3.63, 3.8) is 0 Å². The van der Waals surface area contributed by atoms with Gasteiger partial charge in [0.15, 0.2) is 40.7 Å². The molecule has 2 heterocycles. The van der Waals surface area contributed by atoms with Gasteiger partial charge in [0.05, 0.1) is 170 Å². The second-order valence-electron chi connectivity index (χ2n) is 38.8. The lowest BCUT2D eigenvalue weighted by Crippen LogP contribution is -2.71. The van der Waals surface area contributed by atoms with Crippen LogP contribution in [0.2, 0.25) is 0 Å². The molecular formula is C100H154F2N11O25+. The van der Waals surface area contributed by atoms with Gasteiger partial charge in [-0.05, 0) is 150 Å². The second kappa shape index (κ2) is 58.1. The standard InChI is InChI=1S/C100H153F2N11O25/c1-9-22-90-137-87-63-78-79-62-81(101)80-61-74(114)34-37-97(80,4)99(79,102)85(118)64-98(78,5)100(87,138-90)86(119)65-107-96(125)136-66-70-30-32-73(33-31-70)108-93(122)72(24-20-39-106-95(103)124)60-83(117)91(69(2)3)109-94(123)71(59-75(115)35-44-127-48-52-131-56-55-130-51-47-126-43-21-25-76(116)67-134-77-26-14-11-10-12-15-27-77)23-18-19-38-104-89(121)68-135-84-29-17-13-16-28-82-92(84)110-111-112(82)41-46-129-50-54-133-58-57-132-53-49-128-45-36-88(120)105-40-42-113(6,7)8/h30-34,37,61,69,71-72,77-79,81,84-85,87,90-91,118H,9-14,16-26,28-29,35-36,38-60,62-68H2,1-8H3,(H7-,103,104,105,106,107,108,109,120,121,122,123,124,125)/p+1/t71-,72+,77?,78-,79-,81-,84?,85-,87+,90?,91-,97-,98-,99-,100+/m0/s1. The summed E-state index contributed by atoms with van der Waals surface area (Å²) in [6, 6.07) is 4.40. The molecule has 1 aromatic heterocycles. The fraction of sp³-hybridized carbons (Fsp3) is 0.750. The molecule has 2 aromatic rings. The first-order valence-electron chi connectivity index (χ1n) is 49.9. The summed E-state index contributed by atoms with van der Waals surface area (Å²) in [5, 5.41) is 37.7. The Kier molecular flexibility index (Phi) is 47.6. The van der Waals surface area contributed by atoms with Crippen LogP contribution >= 0.6 is 0 Å². The van der Waals surface area contributed by atoms with Crippen molar-refractivity contribution in [2.75, 3.05) is 178 Å². The van der Waals surface area contributed by atoms with Gasteiger partial charge in [-0.1, -0.05) is 89.1 Å². The number of aliphatic hydroxyl groups excluding tert-OH is 1. The number of ether oxygens (including phenoxy) is 13. The first-order valence-corrected chi connectivity index (χ1v) is 49.9. The van der Waals surface area contributed by atoms with Crippen LogP contribution in [0.3, 0.4) is 0 Å². The van der Waals surface area contributed by atoms with Crippen molar-refractivity contribution < 1.29 is 133 Å². The fourth-order valence-corrected chi connectivity index (χ4v) is 19.6. The van der Waals surface area contributed by atoms with Gasteiger partial charge in [0, 0.05) is 92.5 Å². The predicted molar refractivity (Wildman–Crippen MR) is 504 cm³/mol. The Hall–Kier alpha value is -8.53. The molecule has 1 aromatic carbocycles. The number of nitrogens with one attached hydrogen (secondary N) is 6. The van der Waals surface area contributed by atoms with Gasteiger partial charge < -0.3 is 109 Å². The number of alkyl halides is 2. The summed E-state index contributed by atoms with van der Waals surface area (Å²) >= 11 is 0. The Morgan fingerprint density at radius 3 is 2.00 bits per heavy atom. The third-order valence-corrected chi connectivity index (χ3v) is 27.1. The van der Waals surface area contributed by atoms with Crippen LogP contribution in [-0.2, 0) is 124 Å². The van der Waals surface area contributed by atoms with E-state index >= 15 is 8.78 Å². The average Bonchev–Trinajstić information content (AvgIpc) is 1.47. The van der Waals surface area contributed by atoms with E-state index < -0.39 is 136 Å². The Balaban J connectivity index is 0.729. The molecule has 7 amide bonds. The number of aliphatic hydroxyl groups is 1. The Morgan fingerprint density at radius 1 is 0.681 bits per heavy atom. The molecule has 1 aliphatic heterocycles. The second-order valence-corrected chi connectivity index (χ2v) is 38.8. The van der Waals surface area contributed by atoms with E-state index in [0.717, 1.165) is 80.6 Å². The number of carbonyl (C=O) groups is 11. The van der Waals surface area contributed by atoms with Gasteiger partial charge in [0.1, 0.15) is 49.7 Å². The molecule has 38 heteroatoms. The summed E-state index contributed by atoms with van der Waals surface area (Å²) in [7, 11) is 6.21. The molecule has 3 unspecified atom stereocenters. The molecule has 0 radical (unpaired) electrons. The van der Waals surface area contributed by atoms with Crippen LogP contribution in [0.4, 0.5) is 24.1 Å². The lowest BCUT2D eigenvalue weighted by molar-refractivity contribution is -0.869. The van der Waals surface area contributed by atoms with Crippen molar-refractivity contribution in [1.29, 1.82) is 0 Å². The molecule has 36 nitrogen and oxygen atoms in total. The number of ketones is 5. The van der Waals surface area contributed by atoms with Crippen molar-refractivity contribution in [2.24, 2.45) is 46.2 Å². The number of likely N-dealkylation sites (N-methyl/N-ethyl adjacent to an activating group) is 1. The summed E-state index contributed by atoms with van der Waals surface area (Å²) in [6.45, 7) is 14.9. The number of anilines is 1. The number of hydrogen-bond donors (Lipinski definition) is 8. The predicted octanol–water partition coefficient (Wildman–Crippen LogP) is 8.56. The van der Waals surface area contributed by atoms with Crippen molar-refractivity contribution in [2.45, 2.75) is 269 Å². The van der Waals surface area contributed by atoms with Gasteiger partial charge in [-0.15, -0.1) is 11.0 Å². The zero-order chi connectivity index (χ0) is 99.5. The van der Waals surface area contributed by atoms with Gasteiger partial charge >= 0.3 is 12.1 Å². The molecule has 138 heavy (non-hydrogen) atoms. The molecular weight excluding hydrogens is 1790 g/mol. The number of amides is 7. The first-order chi connectivity index (χ1) is 66.3. The van der Waals surface area contributed by atoms with Crippen LogP contribution in [-0.4, -0.2) is 310 Å². The summed E-state index contributed by atoms with van der Waals surface area (Å²) in [5.74, 6) is -1.28. The smallest absolute Gasteiger partial charge is 0.407 e. The topological polar surface area (TPSA) is 457 Å². The van der Waals surface area contributed by atoms with E-state index in [1.807, 2.05) is 11.6 Å². The number of hydrogen-bond acceptors (Lipinski definition) is 27. The van der Waals surface area contributed by atoms with Crippen LogP contribution in [0.15, 0.2) is 48.1 Å². The lowest BCUT2D eigenvalue weighted by Gasteiger charge is -2.63. The van der Waals surface area contributed by atoms with E-state index in [1.165, 1.54) is 19.1 Å². The van der Waals surface area contributed by atoms with E-state index in [0.29, 0.717) is 161 Å². The van der Waals surface area contributed by atoms with Gasteiger partial charge in [0.2, 0.25) is 23.6 Å². The van der Waals surface area contributed by atoms with E-state index in [2.05, 4.69) is 75.2 Å². The van der Waals surface area contributed by atoms with E-state index in [-0.39, 0.29) is 152 Å². The number of nitrogens with zero attached hydrogens (tertiary/aromatic N) is 4. The number of rotatable bonds is 66. The normalized spacial score (nSPS) is 24.4. The monoisotopic (exact) mass is 1950 g/mol.